The molecule has 8 heteroatoms. The fraction of sp³-hybridized carbons (Fsp3) is 0. The predicted octanol–water partition coefficient (Wildman–Crippen LogP) is -2.91. The van der Waals surface area contributed by atoms with Crippen LogP contribution in [-0.2, 0) is 26.4 Å². The van der Waals surface area contributed by atoms with E-state index in [4.69, 9.17) is 14.4 Å². The van der Waals surface area contributed by atoms with Gasteiger partial charge in [0, 0.05) is 17.1 Å². The van der Waals surface area contributed by atoms with Gasteiger partial charge in [0.2, 0.25) is 0 Å². The summed E-state index contributed by atoms with van der Waals surface area (Å²) in [5.41, 5.74) is 0. The van der Waals surface area contributed by atoms with Gasteiger partial charge in [0.1, 0.15) is 0 Å². The summed E-state index contributed by atoms with van der Waals surface area (Å²) in [7, 11) is -4.81. The Kier molecular flexibility index (Phi) is 16.3. The average Bonchev–Trinajstić information content (AvgIpc) is 1.35. The molecule has 0 atom stereocenters. The third kappa shape index (κ3) is 15.8. The first kappa shape index (κ1) is 16.9. The van der Waals surface area contributed by atoms with E-state index in [2.05, 4.69) is 4.73 Å². The van der Waals surface area contributed by atoms with Gasteiger partial charge in [0.25, 0.3) is 0 Å². The van der Waals surface area contributed by atoms with Gasteiger partial charge in [-0.15, -0.1) is 0 Å². The zero-order valence-corrected chi connectivity index (χ0v) is 12.2. The van der Waals surface area contributed by atoms with E-state index in [0.717, 1.165) is 0 Å². The number of phosphoric acid groups is 1. The molecule has 0 saturated heterocycles. The Balaban J connectivity index is -0.0000000417. The van der Waals surface area contributed by atoms with E-state index in [0.29, 0.717) is 0 Å². The number of hydrogen-bond donors (Lipinski definition) is 2. The van der Waals surface area contributed by atoms with Crippen LogP contribution in [0.15, 0.2) is 0 Å². The second kappa shape index (κ2) is 7.72. The van der Waals surface area contributed by atoms with Crippen molar-refractivity contribution in [2.24, 2.45) is 0 Å². The van der Waals surface area contributed by atoms with Gasteiger partial charge < -0.3 is 11.2 Å². The summed E-state index contributed by atoms with van der Waals surface area (Å²) in [6.45, 7) is 0. The maximum absolute atomic E-state index is 10.2. The van der Waals surface area contributed by atoms with E-state index >= 15 is 0 Å². The Morgan fingerprint density at radius 2 is 1.75 bits per heavy atom. The van der Waals surface area contributed by atoms with E-state index < -0.39 is 7.82 Å². The molecule has 48 valence electrons. The predicted molar refractivity (Wildman–Crippen MR) is 15.3 cm³/mol. The molecule has 0 fully saturated rings. The van der Waals surface area contributed by atoms with Gasteiger partial charge in [0.15, 0.2) is 0 Å². The molecule has 0 unspecified atom stereocenters. The SMILES string of the molecule is O=P(O)(O)OF.[Cs+].[Fe].[H-]. The minimum atomic E-state index is -4.81. The van der Waals surface area contributed by atoms with Crippen LogP contribution in [0.2, 0.25) is 0 Å². The van der Waals surface area contributed by atoms with Gasteiger partial charge in [-0.1, -0.05) is 4.73 Å². The number of halogens is 1. The molecule has 0 aliphatic carbocycles. The molecule has 0 aromatic heterocycles. The standard InChI is InChI=1S/Cs.FH2O4P.Fe.H/c;1-5-6(2,3)4;;/h;(H2,2,3,4);;/q+1;;;-1. The molecule has 8 heavy (non-hydrogen) atoms. The first-order valence-corrected chi connectivity index (χ1v) is 2.45. The molecular formula is H3CsFFeO4P. The molecule has 0 rings (SSSR count). The van der Waals surface area contributed by atoms with Crippen LogP contribution in [0.4, 0.5) is 4.53 Å². The van der Waals surface area contributed by atoms with Gasteiger partial charge in [-0.25, -0.2) is 4.57 Å². The van der Waals surface area contributed by atoms with Crippen molar-refractivity contribution in [1.82, 2.24) is 0 Å². The molecule has 0 saturated carbocycles. The average molecular weight is 306 g/mol. The quantitative estimate of drug-likeness (QED) is 0.403. The summed E-state index contributed by atoms with van der Waals surface area (Å²) >= 11 is 0. The van der Waals surface area contributed by atoms with Crippen molar-refractivity contribution < 1.29 is 111 Å². The fourth-order valence-corrected chi connectivity index (χ4v) is 0. The second-order valence-corrected chi connectivity index (χ2v) is 1.68. The summed E-state index contributed by atoms with van der Waals surface area (Å²) in [5.74, 6) is 0. The molecule has 0 aliphatic heterocycles. The van der Waals surface area contributed by atoms with Crippen molar-refractivity contribution in [2.45, 2.75) is 0 Å². The number of hydrogen-bond acceptors (Lipinski definition) is 2. The monoisotopic (exact) mass is 306 g/mol. The summed E-state index contributed by atoms with van der Waals surface area (Å²) in [5, 5.41) is 0. The smallest absolute Gasteiger partial charge is 1.00 e. The first-order chi connectivity index (χ1) is 2.56. The van der Waals surface area contributed by atoms with Crippen LogP contribution in [0.3, 0.4) is 0 Å². The van der Waals surface area contributed by atoms with Crippen molar-refractivity contribution in [3.05, 3.63) is 0 Å². The van der Waals surface area contributed by atoms with Crippen LogP contribution in [-0.4, -0.2) is 9.79 Å². The van der Waals surface area contributed by atoms with Crippen LogP contribution < -0.4 is 68.9 Å². The van der Waals surface area contributed by atoms with Crippen LogP contribution >= 0.6 is 7.82 Å². The molecule has 0 aliphatic rings. The molecule has 4 nitrogen and oxygen atoms in total. The Morgan fingerprint density at radius 3 is 1.75 bits per heavy atom. The molecule has 0 spiro atoms. The van der Waals surface area contributed by atoms with Crippen molar-refractivity contribution in [3.8, 4) is 0 Å². The maximum atomic E-state index is 10.2. The summed E-state index contributed by atoms with van der Waals surface area (Å²) in [6.07, 6.45) is 0. The van der Waals surface area contributed by atoms with E-state index in [9.17, 15) is 4.53 Å². The van der Waals surface area contributed by atoms with Crippen LogP contribution in [0.25, 0.3) is 0 Å². The van der Waals surface area contributed by atoms with Crippen molar-refractivity contribution in [1.29, 1.82) is 0 Å². The Labute approximate surface area is 116 Å². The molecule has 0 aromatic carbocycles. The van der Waals surface area contributed by atoms with E-state index in [1.54, 1.807) is 0 Å². The Hall–Kier alpha value is 2.61. The normalized spacial score (nSPS) is 8.88. The van der Waals surface area contributed by atoms with Crippen molar-refractivity contribution in [2.75, 3.05) is 0 Å². The van der Waals surface area contributed by atoms with Crippen molar-refractivity contribution >= 4 is 7.82 Å². The maximum Gasteiger partial charge on any atom is 1.00 e. The second-order valence-electron chi connectivity index (χ2n) is 0.560. The summed E-state index contributed by atoms with van der Waals surface area (Å²) < 4.78 is 21.4. The summed E-state index contributed by atoms with van der Waals surface area (Å²) in [4.78, 5) is 14.7. The molecule has 2 N–H and O–H groups in total. The van der Waals surface area contributed by atoms with Gasteiger partial charge in [-0.05, 0) is 4.53 Å². The van der Waals surface area contributed by atoms with E-state index in [1.165, 1.54) is 0 Å². The van der Waals surface area contributed by atoms with Gasteiger partial charge >= 0.3 is 76.7 Å². The number of rotatable bonds is 1. The van der Waals surface area contributed by atoms with Crippen LogP contribution in [0.1, 0.15) is 1.43 Å². The van der Waals surface area contributed by atoms with Crippen molar-refractivity contribution in [3.63, 3.8) is 0 Å². The topological polar surface area (TPSA) is 66.8 Å². The van der Waals surface area contributed by atoms with E-state index in [1.807, 2.05) is 0 Å². The Bertz CT molecular complexity index is 84.6. The Morgan fingerprint density at radius 1 is 1.62 bits per heavy atom. The zero-order chi connectivity index (χ0) is 5.21. The van der Waals surface area contributed by atoms with Crippen LogP contribution in [0.5, 0.6) is 0 Å². The van der Waals surface area contributed by atoms with E-state index in [-0.39, 0.29) is 87.4 Å². The van der Waals surface area contributed by atoms with Gasteiger partial charge in [-0.3, -0.25) is 0 Å². The fourth-order valence-electron chi connectivity index (χ4n) is 0. The molecule has 0 radical (unpaired) electrons. The molecular weight excluding hydrogens is 303 g/mol. The first-order valence-electron chi connectivity index (χ1n) is 0.919. The van der Waals surface area contributed by atoms with Crippen LogP contribution in [0, 0.1) is 0 Å². The minimum Gasteiger partial charge on any atom is -1.00 e. The summed E-state index contributed by atoms with van der Waals surface area (Å²) in [6, 6.07) is 0. The third-order valence-corrected chi connectivity index (χ3v) is 0.270. The zero-order valence-electron chi connectivity index (χ0n) is 4.89. The molecule has 0 aromatic rings. The molecule has 0 bridgehead atoms. The van der Waals surface area contributed by atoms with Gasteiger partial charge in [-0.2, -0.15) is 0 Å². The van der Waals surface area contributed by atoms with Gasteiger partial charge in [0.05, 0.1) is 0 Å². The third-order valence-electron chi connectivity index (χ3n) is 0.0899. The molecule has 0 amide bonds. The molecule has 0 heterocycles. The minimum absolute atomic E-state index is 0. The largest absolute Gasteiger partial charge is 1.00 e.